The molecule has 0 bridgehead atoms. The van der Waals surface area contributed by atoms with Crippen molar-refractivity contribution < 1.29 is 23.1 Å². The quantitative estimate of drug-likeness (QED) is 0.632. The van der Waals surface area contributed by atoms with Crippen LogP contribution in [0.15, 0.2) is 71.6 Å². The van der Waals surface area contributed by atoms with Gasteiger partial charge in [-0.2, -0.15) is 0 Å². The van der Waals surface area contributed by atoms with Gasteiger partial charge in [-0.1, -0.05) is 48.5 Å². The van der Waals surface area contributed by atoms with Crippen LogP contribution in [0.5, 0.6) is 5.75 Å². The highest BCUT2D eigenvalue weighted by atomic mass is 32.2. The molecule has 0 radical (unpaired) electrons. The number of hydrogen-bond acceptors (Lipinski definition) is 5. The summed E-state index contributed by atoms with van der Waals surface area (Å²) in [6.45, 7) is 0.117. The number of fused-ring (bicyclic) bond motifs is 3. The third-order valence-corrected chi connectivity index (χ3v) is 6.09. The molecule has 0 saturated heterocycles. The van der Waals surface area contributed by atoms with E-state index in [1.807, 2.05) is 48.5 Å². The maximum absolute atomic E-state index is 12.3. The fraction of sp³-hybridized carbons (Fsp3) is 0.136. The summed E-state index contributed by atoms with van der Waals surface area (Å²) in [5.74, 6) is -0.338. The van der Waals surface area contributed by atoms with Crippen molar-refractivity contribution in [3.8, 4) is 16.9 Å². The van der Waals surface area contributed by atoms with E-state index in [0.29, 0.717) is 0 Å². The van der Waals surface area contributed by atoms with E-state index in [9.17, 15) is 18.3 Å². The Bertz CT molecular complexity index is 1160. The van der Waals surface area contributed by atoms with Crippen molar-refractivity contribution in [2.24, 2.45) is 0 Å². The SMILES string of the molecule is CS(=O)(=O)c1ccc(O)c(NC(=O)OCC2c3ccccc3-c3ccccc32)c1. The first-order valence-electron chi connectivity index (χ1n) is 8.99. The molecule has 7 heteroatoms. The number of ether oxygens (including phenoxy) is 1. The third-order valence-electron chi connectivity index (χ3n) is 4.98. The topological polar surface area (TPSA) is 92.7 Å². The van der Waals surface area contributed by atoms with Gasteiger partial charge in [0.2, 0.25) is 0 Å². The minimum Gasteiger partial charge on any atom is -0.506 e. The standard InChI is InChI=1S/C22H19NO5S/c1-29(26,27)14-10-11-21(24)20(12-14)23-22(25)28-13-19-17-8-4-2-6-15(17)16-7-3-5-9-18(16)19/h2-12,19,24H,13H2,1H3,(H,23,25). The number of anilines is 1. The van der Waals surface area contributed by atoms with E-state index < -0.39 is 15.9 Å². The summed E-state index contributed by atoms with van der Waals surface area (Å²) in [6.07, 6.45) is 0.282. The molecule has 0 aliphatic heterocycles. The van der Waals surface area contributed by atoms with Crippen molar-refractivity contribution in [2.45, 2.75) is 10.8 Å². The third kappa shape index (κ3) is 3.69. The molecule has 1 amide bonds. The molecule has 0 unspecified atom stereocenters. The van der Waals surface area contributed by atoms with E-state index >= 15 is 0 Å². The van der Waals surface area contributed by atoms with Crippen LogP contribution in [0.1, 0.15) is 17.0 Å². The average molecular weight is 409 g/mol. The van der Waals surface area contributed by atoms with Gasteiger partial charge in [0.05, 0.1) is 10.6 Å². The Morgan fingerprint density at radius 2 is 1.59 bits per heavy atom. The molecule has 0 saturated carbocycles. The van der Waals surface area contributed by atoms with Crippen LogP contribution in [0.4, 0.5) is 10.5 Å². The van der Waals surface area contributed by atoms with Crippen LogP contribution in [-0.4, -0.2) is 32.5 Å². The molecule has 29 heavy (non-hydrogen) atoms. The maximum atomic E-state index is 12.3. The number of rotatable bonds is 4. The Morgan fingerprint density at radius 3 is 2.17 bits per heavy atom. The molecule has 4 rings (SSSR count). The normalized spacial score (nSPS) is 12.9. The van der Waals surface area contributed by atoms with Gasteiger partial charge in [-0.05, 0) is 40.5 Å². The number of nitrogens with one attached hydrogen (secondary N) is 1. The van der Waals surface area contributed by atoms with Gasteiger partial charge in [0.25, 0.3) is 0 Å². The number of sulfone groups is 1. The zero-order chi connectivity index (χ0) is 20.6. The highest BCUT2D eigenvalue weighted by Crippen LogP contribution is 2.44. The molecule has 2 N–H and O–H groups in total. The lowest BCUT2D eigenvalue weighted by atomic mass is 9.98. The van der Waals surface area contributed by atoms with Crippen molar-refractivity contribution in [1.82, 2.24) is 0 Å². The van der Waals surface area contributed by atoms with Gasteiger partial charge in [-0.3, -0.25) is 5.32 Å². The molecule has 0 heterocycles. The van der Waals surface area contributed by atoms with Gasteiger partial charge in [0.1, 0.15) is 12.4 Å². The zero-order valence-corrected chi connectivity index (χ0v) is 16.4. The minimum atomic E-state index is -3.47. The van der Waals surface area contributed by atoms with Crippen molar-refractivity contribution >= 4 is 21.6 Å². The zero-order valence-electron chi connectivity index (χ0n) is 15.6. The number of carbonyl (C=O) groups excluding carboxylic acids is 1. The molecular weight excluding hydrogens is 390 g/mol. The number of aromatic hydroxyl groups is 1. The molecule has 3 aromatic carbocycles. The Hall–Kier alpha value is -3.32. The van der Waals surface area contributed by atoms with E-state index in [4.69, 9.17) is 4.74 Å². The van der Waals surface area contributed by atoms with Gasteiger partial charge in [-0.15, -0.1) is 0 Å². The Balaban J connectivity index is 1.51. The largest absolute Gasteiger partial charge is 0.506 e. The fourth-order valence-electron chi connectivity index (χ4n) is 3.59. The molecule has 0 atom stereocenters. The fourth-order valence-corrected chi connectivity index (χ4v) is 4.24. The van der Waals surface area contributed by atoms with Crippen molar-refractivity contribution in [2.75, 3.05) is 18.2 Å². The molecule has 1 aliphatic rings. The number of phenols is 1. The Labute approximate surface area is 168 Å². The summed E-state index contributed by atoms with van der Waals surface area (Å²) in [5, 5.41) is 12.3. The van der Waals surface area contributed by atoms with Crippen LogP contribution < -0.4 is 5.32 Å². The lowest BCUT2D eigenvalue weighted by molar-refractivity contribution is 0.158. The van der Waals surface area contributed by atoms with E-state index in [0.717, 1.165) is 28.5 Å². The molecule has 1 aliphatic carbocycles. The van der Waals surface area contributed by atoms with Crippen LogP contribution in [0.3, 0.4) is 0 Å². The van der Waals surface area contributed by atoms with Gasteiger partial charge in [0.15, 0.2) is 9.84 Å². The van der Waals surface area contributed by atoms with E-state index in [-0.39, 0.29) is 28.9 Å². The van der Waals surface area contributed by atoms with E-state index in [1.165, 1.54) is 18.2 Å². The van der Waals surface area contributed by atoms with Crippen LogP contribution >= 0.6 is 0 Å². The molecule has 0 spiro atoms. The molecule has 0 aromatic heterocycles. The second kappa shape index (κ2) is 7.25. The highest BCUT2D eigenvalue weighted by Gasteiger charge is 2.29. The Kier molecular flexibility index (Phi) is 4.76. The Morgan fingerprint density at radius 1 is 1.00 bits per heavy atom. The molecule has 148 valence electrons. The maximum Gasteiger partial charge on any atom is 0.411 e. The van der Waals surface area contributed by atoms with Crippen molar-refractivity contribution in [3.05, 3.63) is 77.9 Å². The van der Waals surface area contributed by atoms with Crippen molar-refractivity contribution in [3.63, 3.8) is 0 Å². The van der Waals surface area contributed by atoms with Crippen LogP contribution in [0.25, 0.3) is 11.1 Å². The summed E-state index contributed by atoms with van der Waals surface area (Å²) in [7, 11) is -3.47. The number of benzene rings is 3. The van der Waals surface area contributed by atoms with E-state index in [2.05, 4.69) is 5.32 Å². The van der Waals surface area contributed by atoms with Crippen LogP contribution in [0.2, 0.25) is 0 Å². The summed E-state index contributed by atoms with van der Waals surface area (Å²) in [6, 6.07) is 19.7. The summed E-state index contributed by atoms with van der Waals surface area (Å²) in [5.41, 5.74) is 4.39. The predicted octanol–water partition coefficient (Wildman–Crippen LogP) is 4.16. The number of phenolic OH excluding ortho intramolecular Hbond substituents is 1. The molecule has 0 fully saturated rings. The van der Waals surface area contributed by atoms with E-state index in [1.54, 1.807) is 0 Å². The number of amides is 1. The lowest BCUT2D eigenvalue weighted by Gasteiger charge is -2.15. The summed E-state index contributed by atoms with van der Waals surface area (Å²) in [4.78, 5) is 12.3. The first-order chi connectivity index (χ1) is 13.8. The predicted molar refractivity (Wildman–Crippen MR) is 110 cm³/mol. The lowest BCUT2D eigenvalue weighted by Crippen LogP contribution is -2.18. The summed E-state index contributed by atoms with van der Waals surface area (Å²) >= 11 is 0. The highest BCUT2D eigenvalue weighted by molar-refractivity contribution is 7.90. The van der Waals surface area contributed by atoms with Crippen molar-refractivity contribution in [1.29, 1.82) is 0 Å². The molecular formula is C22H19NO5S. The second-order valence-corrected chi connectivity index (χ2v) is 8.92. The van der Waals surface area contributed by atoms with Gasteiger partial charge < -0.3 is 9.84 Å². The molecule has 3 aromatic rings. The molecule has 6 nitrogen and oxygen atoms in total. The second-order valence-electron chi connectivity index (χ2n) is 6.90. The number of hydrogen-bond donors (Lipinski definition) is 2. The minimum absolute atomic E-state index is 0.00996. The van der Waals surface area contributed by atoms with Crippen LogP contribution in [-0.2, 0) is 14.6 Å². The number of carbonyl (C=O) groups is 1. The first-order valence-corrected chi connectivity index (χ1v) is 10.9. The summed E-state index contributed by atoms with van der Waals surface area (Å²) < 4.78 is 28.8. The average Bonchev–Trinajstić information content (AvgIpc) is 3.01. The van der Waals surface area contributed by atoms with Gasteiger partial charge in [-0.25, -0.2) is 13.2 Å². The first kappa shape index (κ1) is 19.0. The monoisotopic (exact) mass is 409 g/mol. The van der Waals surface area contributed by atoms with Crippen LogP contribution in [0, 0.1) is 0 Å². The van der Waals surface area contributed by atoms with Gasteiger partial charge >= 0.3 is 6.09 Å². The van der Waals surface area contributed by atoms with Gasteiger partial charge in [0, 0.05) is 12.2 Å². The smallest absolute Gasteiger partial charge is 0.411 e.